The second kappa shape index (κ2) is 9.54. The van der Waals surface area contributed by atoms with Crippen LogP contribution in [0.5, 0.6) is 0 Å². The molecule has 0 saturated heterocycles. The number of benzene rings is 1. The van der Waals surface area contributed by atoms with Crippen LogP contribution >= 0.6 is 0 Å². The van der Waals surface area contributed by atoms with Crippen molar-refractivity contribution in [2.24, 2.45) is 5.92 Å². The zero-order chi connectivity index (χ0) is 21.6. The average molecular weight is 396 g/mol. The van der Waals surface area contributed by atoms with Gasteiger partial charge < -0.3 is 26.6 Å². The minimum absolute atomic E-state index is 0.0652. The first kappa shape index (κ1) is 21.7. The van der Waals surface area contributed by atoms with E-state index in [1.807, 2.05) is 6.07 Å². The van der Waals surface area contributed by atoms with Crippen LogP contribution in [0.2, 0.25) is 0 Å². The summed E-state index contributed by atoms with van der Waals surface area (Å²) in [5.41, 5.74) is 8.02. The maximum atomic E-state index is 12.6. The lowest BCUT2D eigenvalue weighted by molar-refractivity contribution is -0.119. The standard InChI is InChI=1S/C20H24N6O3/c1-11(9-13-5-4-6-14(10-13)20(28)29-3)19(27)25-16-12(2)24-18(26-17(16)23)15(22)7-8-21/h4-6,8,10-11,21-22H,7,9H2,1-3H3,(H,25,27)(H2,23,24,26). The lowest BCUT2D eigenvalue weighted by atomic mass is 9.98. The van der Waals surface area contributed by atoms with E-state index in [0.29, 0.717) is 23.4 Å². The van der Waals surface area contributed by atoms with Crippen LogP contribution in [0.1, 0.15) is 40.8 Å². The molecular formula is C20H24N6O3. The van der Waals surface area contributed by atoms with Crippen LogP contribution in [-0.2, 0) is 16.0 Å². The van der Waals surface area contributed by atoms with Crippen molar-refractivity contribution in [1.82, 2.24) is 9.97 Å². The molecule has 152 valence electrons. The van der Waals surface area contributed by atoms with E-state index in [1.54, 1.807) is 32.0 Å². The van der Waals surface area contributed by atoms with Gasteiger partial charge in [-0.05, 0) is 31.0 Å². The summed E-state index contributed by atoms with van der Waals surface area (Å²) in [4.78, 5) is 32.6. The number of methoxy groups -OCH3 is 1. The van der Waals surface area contributed by atoms with E-state index in [-0.39, 0.29) is 29.7 Å². The Morgan fingerprint density at radius 3 is 2.69 bits per heavy atom. The van der Waals surface area contributed by atoms with Crippen molar-refractivity contribution in [3.8, 4) is 0 Å². The molecule has 0 bridgehead atoms. The highest BCUT2D eigenvalue weighted by Crippen LogP contribution is 2.22. The first-order valence-electron chi connectivity index (χ1n) is 8.95. The van der Waals surface area contributed by atoms with Gasteiger partial charge in [0.1, 0.15) is 5.69 Å². The molecule has 2 aromatic rings. The van der Waals surface area contributed by atoms with E-state index in [0.717, 1.165) is 11.8 Å². The number of hydrogen-bond acceptors (Lipinski definition) is 8. The lowest BCUT2D eigenvalue weighted by Crippen LogP contribution is -2.24. The van der Waals surface area contributed by atoms with Crippen LogP contribution in [-0.4, -0.2) is 40.9 Å². The van der Waals surface area contributed by atoms with Gasteiger partial charge in [-0.1, -0.05) is 19.1 Å². The SMILES string of the molecule is COC(=O)c1cccc(CC(C)C(=O)Nc2c(C)nc(C(=N)CC=N)nc2N)c1. The van der Waals surface area contributed by atoms with Gasteiger partial charge in [0.2, 0.25) is 5.91 Å². The van der Waals surface area contributed by atoms with Gasteiger partial charge in [-0.15, -0.1) is 0 Å². The summed E-state index contributed by atoms with van der Waals surface area (Å²) in [5.74, 6) is -0.908. The summed E-state index contributed by atoms with van der Waals surface area (Å²) >= 11 is 0. The molecule has 1 amide bonds. The molecule has 9 nitrogen and oxygen atoms in total. The smallest absolute Gasteiger partial charge is 0.337 e. The third-order valence-electron chi connectivity index (χ3n) is 4.28. The molecule has 1 aromatic heterocycles. The minimum atomic E-state index is -0.432. The van der Waals surface area contributed by atoms with E-state index < -0.39 is 11.9 Å². The number of aryl methyl sites for hydroxylation is 1. The number of nitrogens with one attached hydrogen (secondary N) is 3. The number of aromatic nitrogens is 2. The van der Waals surface area contributed by atoms with Crippen molar-refractivity contribution in [2.75, 3.05) is 18.2 Å². The Morgan fingerprint density at radius 2 is 2.07 bits per heavy atom. The Kier molecular flexibility index (Phi) is 7.13. The quantitative estimate of drug-likeness (QED) is 0.396. The highest BCUT2D eigenvalue weighted by atomic mass is 16.5. The first-order valence-corrected chi connectivity index (χ1v) is 8.95. The highest BCUT2D eigenvalue weighted by Gasteiger charge is 2.19. The van der Waals surface area contributed by atoms with Gasteiger partial charge in [0.15, 0.2) is 11.6 Å². The van der Waals surface area contributed by atoms with Crippen molar-refractivity contribution in [1.29, 1.82) is 10.8 Å². The Balaban J connectivity index is 2.13. The topological polar surface area (TPSA) is 155 Å². The van der Waals surface area contributed by atoms with Crippen molar-refractivity contribution >= 4 is 35.3 Å². The van der Waals surface area contributed by atoms with Gasteiger partial charge >= 0.3 is 5.97 Å². The van der Waals surface area contributed by atoms with Crippen molar-refractivity contribution in [3.63, 3.8) is 0 Å². The van der Waals surface area contributed by atoms with Crippen molar-refractivity contribution < 1.29 is 14.3 Å². The van der Waals surface area contributed by atoms with Gasteiger partial charge in [-0.2, -0.15) is 0 Å². The lowest BCUT2D eigenvalue weighted by Gasteiger charge is -2.16. The zero-order valence-corrected chi connectivity index (χ0v) is 16.6. The number of amides is 1. The molecule has 2 rings (SSSR count). The molecule has 1 atom stereocenters. The first-order chi connectivity index (χ1) is 13.8. The summed E-state index contributed by atoms with van der Waals surface area (Å²) in [6.07, 6.45) is 1.61. The monoisotopic (exact) mass is 396 g/mol. The number of rotatable bonds is 8. The molecule has 9 heteroatoms. The van der Waals surface area contributed by atoms with Gasteiger partial charge in [0.25, 0.3) is 0 Å². The molecule has 0 saturated carbocycles. The van der Waals surface area contributed by atoms with E-state index in [4.69, 9.17) is 21.3 Å². The number of carbonyl (C=O) groups is 2. The fraction of sp³-hybridized carbons (Fsp3) is 0.300. The molecule has 1 heterocycles. The molecule has 0 spiro atoms. The molecule has 0 aliphatic heterocycles. The maximum absolute atomic E-state index is 12.6. The van der Waals surface area contributed by atoms with Gasteiger partial charge in [-0.3, -0.25) is 4.79 Å². The van der Waals surface area contributed by atoms with Crippen LogP contribution in [0.3, 0.4) is 0 Å². The van der Waals surface area contributed by atoms with Gasteiger partial charge in [0, 0.05) is 18.6 Å². The molecule has 0 aliphatic rings. The molecule has 1 unspecified atom stereocenters. The number of esters is 1. The van der Waals surface area contributed by atoms with Crippen molar-refractivity contribution in [2.45, 2.75) is 26.7 Å². The minimum Gasteiger partial charge on any atom is -0.465 e. The molecule has 0 radical (unpaired) electrons. The third-order valence-corrected chi connectivity index (χ3v) is 4.28. The number of anilines is 2. The van der Waals surface area contributed by atoms with Gasteiger partial charge in [-0.25, -0.2) is 14.8 Å². The summed E-state index contributed by atoms with van der Waals surface area (Å²) in [6, 6.07) is 6.92. The maximum Gasteiger partial charge on any atom is 0.337 e. The third kappa shape index (κ3) is 5.44. The Labute approximate surface area is 168 Å². The van der Waals surface area contributed by atoms with Crippen LogP contribution in [0.15, 0.2) is 24.3 Å². The zero-order valence-electron chi connectivity index (χ0n) is 16.6. The van der Waals surface area contributed by atoms with E-state index in [9.17, 15) is 9.59 Å². The Morgan fingerprint density at radius 1 is 1.34 bits per heavy atom. The second-order valence-electron chi connectivity index (χ2n) is 6.57. The molecule has 29 heavy (non-hydrogen) atoms. The number of ether oxygens (including phenoxy) is 1. The molecule has 0 fully saturated rings. The number of nitrogen functional groups attached to an aromatic ring is 1. The normalized spacial score (nSPS) is 11.4. The van der Waals surface area contributed by atoms with Crippen LogP contribution in [0.25, 0.3) is 0 Å². The summed E-state index contributed by atoms with van der Waals surface area (Å²) in [7, 11) is 1.32. The summed E-state index contributed by atoms with van der Waals surface area (Å²) in [5, 5.41) is 17.7. The number of carbonyl (C=O) groups excluding carboxylic acids is 2. The fourth-order valence-corrected chi connectivity index (χ4v) is 2.71. The van der Waals surface area contributed by atoms with Crippen molar-refractivity contribution in [3.05, 3.63) is 46.9 Å². The van der Waals surface area contributed by atoms with E-state index in [1.165, 1.54) is 7.11 Å². The highest BCUT2D eigenvalue weighted by molar-refractivity contribution is 6.03. The molecule has 5 N–H and O–H groups in total. The number of hydrogen-bond donors (Lipinski definition) is 4. The van der Waals surface area contributed by atoms with Gasteiger partial charge in [0.05, 0.1) is 24.1 Å². The van der Waals surface area contributed by atoms with E-state index in [2.05, 4.69) is 15.3 Å². The molecular weight excluding hydrogens is 372 g/mol. The average Bonchev–Trinajstić information content (AvgIpc) is 2.70. The largest absolute Gasteiger partial charge is 0.465 e. The predicted molar refractivity (Wildman–Crippen MR) is 111 cm³/mol. The Hall–Kier alpha value is -3.62. The molecule has 1 aromatic carbocycles. The second-order valence-corrected chi connectivity index (χ2v) is 6.57. The summed E-state index contributed by atoms with van der Waals surface area (Å²) < 4.78 is 4.72. The van der Waals surface area contributed by atoms with Crippen LogP contribution in [0, 0.1) is 23.7 Å². The number of nitrogens with zero attached hydrogens (tertiary/aromatic N) is 2. The van der Waals surface area contributed by atoms with Crippen LogP contribution in [0.4, 0.5) is 11.5 Å². The number of nitrogens with two attached hydrogens (primary N) is 1. The van der Waals surface area contributed by atoms with E-state index >= 15 is 0 Å². The predicted octanol–water partition coefficient (Wildman–Crippen LogP) is 2.38. The summed E-state index contributed by atoms with van der Waals surface area (Å²) in [6.45, 7) is 3.43. The molecule has 0 aliphatic carbocycles. The fourth-order valence-electron chi connectivity index (χ4n) is 2.71. The van der Waals surface area contributed by atoms with Crippen LogP contribution < -0.4 is 11.1 Å². The Bertz CT molecular complexity index is 934.